The lowest BCUT2D eigenvalue weighted by Gasteiger charge is -2.27. The quantitative estimate of drug-likeness (QED) is 0.801. The molecule has 1 aliphatic rings. The molecule has 0 spiro atoms. The van der Waals surface area contributed by atoms with Gasteiger partial charge in [0, 0.05) is 38.9 Å². The smallest absolute Gasteiger partial charge is 0.254 e. The van der Waals surface area contributed by atoms with Crippen LogP contribution < -0.4 is 5.32 Å². The van der Waals surface area contributed by atoms with Crippen molar-refractivity contribution >= 4 is 16.9 Å². The van der Waals surface area contributed by atoms with Crippen LogP contribution in [-0.4, -0.2) is 51.8 Å². The first kappa shape index (κ1) is 12.1. The van der Waals surface area contributed by atoms with Crippen molar-refractivity contribution in [3.05, 3.63) is 23.5 Å². The predicted octanol–water partition coefficient (Wildman–Crippen LogP) is 0.322. The van der Waals surface area contributed by atoms with Crippen molar-refractivity contribution in [2.75, 3.05) is 26.2 Å². The van der Waals surface area contributed by atoms with Crippen LogP contribution in [0.4, 0.5) is 0 Å². The van der Waals surface area contributed by atoms with Crippen molar-refractivity contribution < 1.29 is 4.79 Å². The molecule has 1 N–H and O–H groups in total. The standard InChI is InChI=1S/C13H17N5O/c1-9-7-10(11-8-15-17(2)12(11)16-9)13(19)18-5-3-14-4-6-18/h7-8,14H,3-6H2,1-2H3. The minimum atomic E-state index is 0.0741. The zero-order valence-electron chi connectivity index (χ0n) is 11.2. The van der Waals surface area contributed by atoms with Crippen LogP contribution in [0.2, 0.25) is 0 Å². The average molecular weight is 259 g/mol. The molecule has 1 fully saturated rings. The van der Waals surface area contributed by atoms with Crippen molar-refractivity contribution in [3.8, 4) is 0 Å². The summed E-state index contributed by atoms with van der Waals surface area (Å²) in [6, 6.07) is 1.86. The number of hydrogen-bond acceptors (Lipinski definition) is 4. The molecule has 3 heterocycles. The summed E-state index contributed by atoms with van der Waals surface area (Å²) >= 11 is 0. The summed E-state index contributed by atoms with van der Waals surface area (Å²) in [5, 5.41) is 8.28. The third-order valence-corrected chi connectivity index (χ3v) is 3.47. The van der Waals surface area contributed by atoms with Gasteiger partial charge >= 0.3 is 0 Å². The number of fused-ring (bicyclic) bond motifs is 1. The van der Waals surface area contributed by atoms with E-state index in [9.17, 15) is 4.79 Å². The maximum atomic E-state index is 12.6. The van der Waals surface area contributed by atoms with E-state index in [0.29, 0.717) is 5.56 Å². The van der Waals surface area contributed by atoms with Crippen LogP contribution in [0.3, 0.4) is 0 Å². The van der Waals surface area contributed by atoms with Crippen LogP contribution >= 0.6 is 0 Å². The van der Waals surface area contributed by atoms with Gasteiger partial charge in [-0.3, -0.25) is 9.48 Å². The van der Waals surface area contributed by atoms with Crippen molar-refractivity contribution in [3.63, 3.8) is 0 Å². The Hall–Kier alpha value is -1.95. The first-order valence-corrected chi connectivity index (χ1v) is 6.46. The molecular formula is C13H17N5O. The normalized spacial score (nSPS) is 16.0. The number of nitrogens with one attached hydrogen (secondary N) is 1. The lowest BCUT2D eigenvalue weighted by atomic mass is 10.1. The third-order valence-electron chi connectivity index (χ3n) is 3.47. The van der Waals surface area contributed by atoms with Gasteiger partial charge in [0.1, 0.15) is 0 Å². The second kappa shape index (κ2) is 4.62. The molecule has 19 heavy (non-hydrogen) atoms. The van der Waals surface area contributed by atoms with E-state index in [0.717, 1.165) is 42.9 Å². The highest BCUT2D eigenvalue weighted by atomic mass is 16.2. The summed E-state index contributed by atoms with van der Waals surface area (Å²) in [6.07, 6.45) is 1.72. The van der Waals surface area contributed by atoms with Crippen LogP contribution in [0.5, 0.6) is 0 Å². The molecule has 2 aromatic heterocycles. The van der Waals surface area contributed by atoms with E-state index < -0.39 is 0 Å². The molecular weight excluding hydrogens is 242 g/mol. The number of piperazine rings is 1. The van der Waals surface area contributed by atoms with E-state index in [1.807, 2.05) is 24.9 Å². The maximum Gasteiger partial charge on any atom is 0.254 e. The first-order valence-electron chi connectivity index (χ1n) is 6.46. The van der Waals surface area contributed by atoms with E-state index in [-0.39, 0.29) is 5.91 Å². The van der Waals surface area contributed by atoms with Crippen molar-refractivity contribution in [2.45, 2.75) is 6.92 Å². The number of aryl methyl sites for hydroxylation is 2. The van der Waals surface area contributed by atoms with Crippen LogP contribution in [0.25, 0.3) is 11.0 Å². The molecule has 6 heteroatoms. The second-order valence-electron chi connectivity index (χ2n) is 4.86. The number of amides is 1. The molecule has 0 unspecified atom stereocenters. The van der Waals surface area contributed by atoms with Crippen LogP contribution in [0, 0.1) is 6.92 Å². The highest BCUT2D eigenvalue weighted by molar-refractivity contribution is 6.05. The monoisotopic (exact) mass is 259 g/mol. The van der Waals surface area contributed by atoms with Crippen molar-refractivity contribution in [1.82, 2.24) is 25.0 Å². The third kappa shape index (κ3) is 2.08. The van der Waals surface area contributed by atoms with Gasteiger partial charge in [-0.15, -0.1) is 0 Å². The number of nitrogens with zero attached hydrogens (tertiary/aromatic N) is 4. The fraction of sp³-hybridized carbons (Fsp3) is 0.462. The molecule has 0 atom stereocenters. The summed E-state index contributed by atoms with van der Waals surface area (Å²) in [5.74, 6) is 0.0741. The molecule has 0 aromatic carbocycles. The van der Waals surface area contributed by atoms with Gasteiger partial charge in [-0.05, 0) is 13.0 Å². The largest absolute Gasteiger partial charge is 0.336 e. The molecule has 1 aliphatic heterocycles. The van der Waals surface area contributed by atoms with Gasteiger partial charge in [0.25, 0.3) is 5.91 Å². The molecule has 0 radical (unpaired) electrons. The van der Waals surface area contributed by atoms with Crippen LogP contribution in [-0.2, 0) is 7.05 Å². The van der Waals surface area contributed by atoms with Crippen molar-refractivity contribution in [2.24, 2.45) is 7.05 Å². The summed E-state index contributed by atoms with van der Waals surface area (Å²) in [5.41, 5.74) is 2.31. The van der Waals surface area contributed by atoms with Gasteiger partial charge < -0.3 is 10.2 Å². The molecule has 3 rings (SSSR count). The van der Waals surface area contributed by atoms with Gasteiger partial charge in [0.15, 0.2) is 5.65 Å². The van der Waals surface area contributed by atoms with E-state index in [1.165, 1.54) is 0 Å². The van der Waals surface area contributed by atoms with Crippen LogP contribution in [0.15, 0.2) is 12.3 Å². The van der Waals surface area contributed by atoms with E-state index in [4.69, 9.17) is 0 Å². The molecule has 0 bridgehead atoms. The number of rotatable bonds is 1. The molecule has 1 amide bonds. The lowest BCUT2D eigenvalue weighted by molar-refractivity contribution is 0.0737. The van der Waals surface area contributed by atoms with Gasteiger partial charge in [-0.1, -0.05) is 0 Å². The highest BCUT2D eigenvalue weighted by Gasteiger charge is 2.21. The Morgan fingerprint density at radius 2 is 2.11 bits per heavy atom. The van der Waals surface area contributed by atoms with E-state index in [1.54, 1.807) is 10.9 Å². The minimum absolute atomic E-state index is 0.0741. The Labute approximate surface area is 111 Å². The fourth-order valence-electron chi connectivity index (χ4n) is 2.45. The van der Waals surface area contributed by atoms with Gasteiger partial charge in [-0.25, -0.2) is 4.98 Å². The summed E-state index contributed by atoms with van der Waals surface area (Å²) in [6.45, 7) is 5.11. The zero-order valence-corrected chi connectivity index (χ0v) is 11.2. The Morgan fingerprint density at radius 3 is 2.84 bits per heavy atom. The predicted molar refractivity (Wildman–Crippen MR) is 72.0 cm³/mol. The molecule has 6 nitrogen and oxygen atoms in total. The highest BCUT2D eigenvalue weighted by Crippen LogP contribution is 2.19. The average Bonchev–Trinajstić information content (AvgIpc) is 2.80. The number of carbonyl (C=O) groups is 1. The molecule has 1 saturated heterocycles. The SMILES string of the molecule is Cc1cc(C(=O)N2CCNCC2)c2cnn(C)c2n1. The molecule has 2 aromatic rings. The molecule has 0 aliphatic carbocycles. The first-order chi connectivity index (χ1) is 9.16. The lowest BCUT2D eigenvalue weighted by Crippen LogP contribution is -2.46. The molecule has 0 saturated carbocycles. The summed E-state index contributed by atoms with van der Waals surface area (Å²) < 4.78 is 1.71. The number of carbonyl (C=O) groups excluding carboxylic acids is 1. The minimum Gasteiger partial charge on any atom is -0.336 e. The van der Waals surface area contributed by atoms with E-state index in [2.05, 4.69) is 15.4 Å². The Kier molecular flexibility index (Phi) is 2.94. The fourth-order valence-corrected chi connectivity index (χ4v) is 2.45. The van der Waals surface area contributed by atoms with Gasteiger partial charge in [-0.2, -0.15) is 5.10 Å². The zero-order chi connectivity index (χ0) is 13.4. The maximum absolute atomic E-state index is 12.6. The molecule has 100 valence electrons. The summed E-state index contributed by atoms with van der Waals surface area (Å²) in [4.78, 5) is 18.9. The Bertz CT molecular complexity index is 627. The number of hydrogen-bond donors (Lipinski definition) is 1. The van der Waals surface area contributed by atoms with E-state index >= 15 is 0 Å². The Morgan fingerprint density at radius 1 is 1.37 bits per heavy atom. The van der Waals surface area contributed by atoms with Gasteiger partial charge in [0.05, 0.1) is 17.1 Å². The Balaban J connectivity index is 2.06. The number of aromatic nitrogens is 3. The summed E-state index contributed by atoms with van der Waals surface area (Å²) in [7, 11) is 1.84. The second-order valence-corrected chi connectivity index (χ2v) is 4.86. The van der Waals surface area contributed by atoms with Crippen molar-refractivity contribution in [1.29, 1.82) is 0 Å². The van der Waals surface area contributed by atoms with Gasteiger partial charge in [0.2, 0.25) is 0 Å². The topological polar surface area (TPSA) is 63.1 Å². The number of pyridine rings is 1. The van der Waals surface area contributed by atoms with Crippen LogP contribution in [0.1, 0.15) is 16.1 Å².